The van der Waals surface area contributed by atoms with Crippen molar-refractivity contribution < 1.29 is 14.1 Å². The van der Waals surface area contributed by atoms with Crippen molar-refractivity contribution in [2.24, 2.45) is 0 Å². The molecular weight excluding hydrogens is 442 g/mol. The number of hydrogen-bond donors (Lipinski definition) is 1. The number of aryl methyl sites for hydroxylation is 1. The van der Waals surface area contributed by atoms with Crippen molar-refractivity contribution in [3.8, 4) is 11.3 Å². The van der Waals surface area contributed by atoms with Crippen LogP contribution in [-0.2, 0) is 0 Å². The molecule has 1 aliphatic heterocycles. The Morgan fingerprint density at radius 2 is 1.93 bits per heavy atom. The fourth-order valence-corrected chi connectivity index (χ4v) is 4.34. The Bertz CT molecular complexity index is 1020. The molecule has 0 saturated carbocycles. The second-order valence-corrected chi connectivity index (χ2v) is 8.65. The lowest BCUT2D eigenvalue weighted by atomic mass is 9.99. The zero-order valence-electron chi connectivity index (χ0n) is 15.2. The minimum absolute atomic E-state index is 0.0745. The molecule has 1 aromatic carbocycles. The molecule has 6 nitrogen and oxygen atoms in total. The standard InChI is InChI=1S/C20H18BrN3O3S/c1-12-17(18(23-27-12)13-2-4-15(21)5-3-13)19(25)14-10-16(22-11-14)20(26)24-6-8-28-9-7-24/h2-5,10-11,22H,6-9H2,1H3. The Hall–Kier alpha value is -2.32. The van der Waals surface area contributed by atoms with Crippen molar-refractivity contribution in [1.29, 1.82) is 0 Å². The molecule has 144 valence electrons. The Labute approximate surface area is 174 Å². The topological polar surface area (TPSA) is 79.2 Å². The number of benzene rings is 1. The number of halogens is 1. The summed E-state index contributed by atoms with van der Waals surface area (Å²) >= 11 is 5.25. The van der Waals surface area contributed by atoms with Gasteiger partial charge in [0.2, 0.25) is 0 Å². The minimum Gasteiger partial charge on any atom is -0.360 e. The van der Waals surface area contributed by atoms with Gasteiger partial charge in [0.25, 0.3) is 5.91 Å². The minimum atomic E-state index is -0.221. The van der Waals surface area contributed by atoms with Crippen LogP contribution in [0.25, 0.3) is 11.3 Å². The number of amides is 1. The smallest absolute Gasteiger partial charge is 0.270 e. The van der Waals surface area contributed by atoms with E-state index >= 15 is 0 Å². The lowest BCUT2D eigenvalue weighted by molar-refractivity contribution is 0.0767. The number of carbonyl (C=O) groups excluding carboxylic acids is 2. The molecule has 8 heteroatoms. The number of nitrogens with zero attached hydrogens (tertiary/aromatic N) is 2. The number of rotatable bonds is 4. The lowest BCUT2D eigenvalue weighted by Crippen LogP contribution is -2.38. The van der Waals surface area contributed by atoms with E-state index in [4.69, 9.17) is 4.52 Å². The largest absolute Gasteiger partial charge is 0.360 e. The van der Waals surface area contributed by atoms with E-state index in [2.05, 4.69) is 26.1 Å². The van der Waals surface area contributed by atoms with Crippen LogP contribution in [0, 0.1) is 6.92 Å². The molecule has 0 bridgehead atoms. The monoisotopic (exact) mass is 459 g/mol. The maximum atomic E-state index is 13.1. The molecule has 4 rings (SSSR count). The molecule has 1 amide bonds. The van der Waals surface area contributed by atoms with Crippen molar-refractivity contribution in [3.63, 3.8) is 0 Å². The van der Waals surface area contributed by atoms with Gasteiger partial charge in [0.15, 0.2) is 5.78 Å². The van der Waals surface area contributed by atoms with Crippen LogP contribution in [0.2, 0.25) is 0 Å². The maximum Gasteiger partial charge on any atom is 0.270 e. The number of H-pyrrole nitrogens is 1. The quantitative estimate of drug-likeness (QED) is 0.592. The number of carbonyl (C=O) groups is 2. The molecule has 0 atom stereocenters. The average Bonchev–Trinajstić information content (AvgIpc) is 3.35. The van der Waals surface area contributed by atoms with Crippen LogP contribution in [0.15, 0.2) is 45.5 Å². The first-order chi connectivity index (χ1) is 13.5. The van der Waals surface area contributed by atoms with E-state index in [0.29, 0.717) is 28.3 Å². The van der Waals surface area contributed by atoms with Gasteiger partial charge in [-0.3, -0.25) is 9.59 Å². The van der Waals surface area contributed by atoms with Crippen LogP contribution in [0.5, 0.6) is 0 Å². The molecule has 3 heterocycles. The average molecular weight is 460 g/mol. The van der Waals surface area contributed by atoms with Crippen LogP contribution < -0.4 is 0 Å². The second-order valence-electron chi connectivity index (χ2n) is 6.50. The van der Waals surface area contributed by atoms with Gasteiger partial charge in [0, 0.05) is 46.4 Å². The summed E-state index contributed by atoms with van der Waals surface area (Å²) < 4.78 is 6.24. The first kappa shape index (κ1) is 19.0. The Morgan fingerprint density at radius 1 is 1.21 bits per heavy atom. The first-order valence-electron chi connectivity index (χ1n) is 8.87. The summed E-state index contributed by atoms with van der Waals surface area (Å²) in [6.07, 6.45) is 1.58. The summed E-state index contributed by atoms with van der Waals surface area (Å²) in [5, 5.41) is 4.08. The number of nitrogens with one attached hydrogen (secondary N) is 1. The fraction of sp³-hybridized carbons (Fsp3) is 0.250. The highest BCUT2D eigenvalue weighted by atomic mass is 79.9. The SMILES string of the molecule is Cc1onc(-c2ccc(Br)cc2)c1C(=O)c1c[nH]c(C(=O)N2CCSCC2)c1. The number of aromatic amines is 1. The second kappa shape index (κ2) is 7.97. The highest BCUT2D eigenvalue weighted by Crippen LogP contribution is 2.29. The molecule has 0 radical (unpaired) electrons. The first-order valence-corrected chi connectivity index (χ1v) is 10.8. The molecular formula is C20H18BrN3O3S. The maximum absolute atomic E-state index is 13.1. The van der Waals surface area contributed by atoms with Gasteiger partial charge in [-0.05, 0) is 25.1 Å². The molecule has 1 fully saturated rings. The Morgan fingerprint density at radius 3 is 2.64 bits per heavy atom. The molecule has 1 aliphatic rings. The van der Waals surface area contributed by atoms with E-state index < -0.39 is 0 Å². The predicted octanol–water partition coefficient (Wildman–Crippen LogP) is 4.16. The van der Waals surface area contributed by atoms with Crippen LogP contribution in [0.1, 0.15) is 32.2 Å². The summed E-state index contributed by atoms with van der Waals surface area (Å²) in [5.41, 5.74) is 2.54. The Balaban J connectivity index is 1.62. The molecule has 3 aromatic rings. The third kappa shape index (κ3) is 3.66. The molecule has 1 N–H and O–H groups in total. The van der Waals surface area contributed by atoms with Gasteiger partial charge >= 0.3 is 0 Å². The zero-order chi connectivity index (χ0) is 19.7. The number of hydrogen-bond acceptors (Lipinski definition) is 5. The number of thioether (sulfide) groups is 1. The number of aromatic nitrogens is 2. The molecule has 0 unspecified atom stereocenters. The van der Waals surface area contributed by atoms with Crippen molar-refractivity contribution >= 4 is 39.4 Å². The molecule has 0 aliphatic carbocycles. The van der Waals surface area contributed by atoms with Crippen molar-refractivity contribution in [2.45, 2.75) is 6.92 Å². The van der Waals surface area contributed by atoms with Crippen LogP contribution >= 0.6 is 27.7 Å². The molecule has 1 saturated heterocycles. The van der Waals surface area contributed by atoms with E-state index in [0.717, 1.165) is 34.6 Å². The van der Waals surface area contributed by atoms with E-state index in [1.807, 2.05) is 40.9 Å². The lowest BCUT2D eigenvalue weighted by Gasteiger charge is -2.25. The number of ketones is 1. The van der Waals surface area contributed by atoms with E-state index in [-0.39, 0.29) is 11.7 Å². The summed E-state index contributed by atoms with van der Waals surface area (Å²) in [6.45, 7) is 3.17. The fourth-order valence-electron chi connectivity index (χ4n) is 3.17. The van der Waals surface area contributed by atoms with Crippen LogP contribution in [-0.4, -0.2) is 51.3 Å². The summed E-state index contributed by atoms with van der Waals surface area (Å²) in [4.78, 5) is 30.6. The van der Waals surface area contributed by atoms with Crippen molar-refractivity contribution in [1.82, 2.24) is 15.0 Å². The summed E-state index contributed by atoms with van der Waals surface area (Å²) in [5.74, 6) is 2.03. The van der Waals surface area contributed by atoms with Gasteiger partial charge in [0.1, 0.15) is 17.1 Å². The molecule has 28 heavy (non-hydrogen) atoms. The van der Waals surface area contributed by atoms with E-state index in [1.54, 1.807) is 19.2 Å². The highest BCUT2D eigenvalue weighted by molar-refractivity contribution is 9.10. The highest BCUT2D eigenvalue weighted by Gasteiger charge is 2.26. The van der Waals surface area contributed by atoms with E-state index in [9.17, 15) is 9.59 Å². The van der Waals surface area contributed by atoms with Gasteiger partial charge in [0.05, 0.1) is 5.56 Å². The van der Waals surface area contributed by atoms with Crippen molar-refractivity contribution in [3.05, 3.63) is 63.6 Å². The normalized spacial score (nSPS) is 14.3. The molecule has 0 spiro atoms. The third-order valence-corrected chi connectivity index (χ3v) is 6.15. The van der Waals surface area contributed by atoms with Crippen molar-refractivity contribution in [2.75, 3.05) is 24.6 Å². The van der Waals surface area contributed by atoms with Gasteiger partial charge in [-0.2, -0.15) is 11.8 Å². The van der Waals surface area contributed by atoms with Gasteiger partial charge in [-0.1, -0.05) is 33.2 Å². The molecule has 2 aromatic heterocycles. The van der Waals surface area contributed by atoms with Gasteiger partial charge in [-0.25, -0.2) is 0 Å². The van der Waals surface area contributed by atoms with Crippen LogP contribution in [0.3, 0.4) is 0 Å². The van der Waals surface area contributed by atoms with Gasteiger partial charge < -0.3 is 14.4 Å². The van der Waals surface area contributed by atoms with Gasteiger partial charge in [-0.15, -0.1) is 0 Å². The Kier molecular flexibility index (Phi) is 5.41. The zero-order valence-corrected chi connectivity index (χ0v) is 17.6. The summed E-state index contributed by atoms with van der Waals surface area (Å²) in [6, 6.07) is 9.14. The third-order valence-electron chi connectivity index (χ3n) is 4.68. The predicted molar refractivity (Wildman–Crippen MR) is 112 cm³/mol. The van der Waals surface area contributed by atoms with Crippen LogP contribution in [0.4, 0.5) is 0 Å². The summed E-state index contributed by atoms with van der Waals surface area (Å²) in [7, 11) is 0. The van der Waals surface area contributed by atoms with E-state index in [1.165, 1.54) is 0 Å².